The number of benzene rings is 3. The van der Waals surface area contributed by atoms with Gasteiger partial charge in [-0.15, -0.1) is 0 Å². The zero-order valence-electron chi connectivity index (χ0n) is 18.8. The molecular weight excluding hydrogens is 402 g/mol. The Morgan fingerprint density at radius 1 is 0.455 bits per heavy atom. The maximum Gasteiger partial charge on any atom is 0.139 e. The normalized spacial score (nSPS) is 10.7. The number of anilines is 3. The number of hydrogen-bond acceptors (Lipinski definition) is 3. The fourth-order valence-electron chi connectivity index (χ4n) is 4.08. The Bertz CT molecular complexity index is 1300. The van der Waals surface area contributed by atoms with Crippen LogP contribution in [0.15, 0.2) is 115 Å². The molecule has 0 amide bonds. The lowest BCUT2D eigenvalue weighted by molar-refractivity contribution is 1.13. The van der Waals surface area contributed by atoms with Crippen molar-refractivity contribution in [2.75, 3.05) is 4.90 Å². The fourth-order valence-corrected chi connectivity index (χ4v) is 4.08. The maximum absolute atomic E-state index is 5.06. The molecule has 0 saturated heterocycles. The van der Waals surface area contributed by atoms with Crippen LogP contribution in [-0.2, 0) is 0 Å². The van der Waals surface area contributed by atoms with E-state index in [0.29, 0.717) is 0 Å². The van der Waals surface area contributed by atoms with Gasteiger partial charge in [-0.25, -0.2) is 9.97 Å². The second-order valence-electron chi connectivity index (χ2n) is 8.06. The second kappa shape index (κ2) is 9.09. The summed E-state index contributed by atoms with van der Waals surface area (Å²) in [6.45, 7) is 4.23. The van der Waals surface area contributed by atoms with Crippen LogP contribution >= 0.6 is 0 Å². The summed E-state index contributed by atoms with van der Waals surface area (Å²) in [7, 11) is 0. The Kier molecular flexibility index (Phi) is 5.69. The molecule has 3 heteroatoms. The quantitative estimate of drug-likeness (QED) is 0.285. The minimum absolute atomic E-state index is 0.830. The molecule has 0 aliphatic carbocycles. The SMILES string of the molecule is Cc1ccccc1-c1cccc(N(c2ccccc2)c2cccc(-c3ccccc3C)n2)n1. The summed E-state index contributed by atoms with van der Waals surface area (Å²) in [5.41, 5.74) is 7.58. The fraction of sp³-hybridized carbons (Fsp3) is 0.0667. The van der Waals surface area contributed by atoms with Crippen LogP contribution < -0.4 is 4.90 Å². The third kappa shape index (κ3) is 4.26. The molecule has 0 aliphatic rings. The summed E-state index contributed by atoms with van der Waals surface area (Å²) in [4.78, 5) is 12.2. The standard InChI is InChI=1S/C30H25N3/c1-22-12-6-8-16-25(22)27-18-10-20-29(31-27)33(24-14-4-3-5-15-24)30-21-11-19-28(32-30)26-17-9-7-13-23(26)2/h3-21H,1-2H3. The van der Waals surface area contributed by atoms with Gasteiger partial charge < -0.3 is 0 Å². The van der Waals surface area contributed by atoms with E-state index < -0.39 is 0 Å². The summed E-state index contributed by atoms with van der Waals surface area (Å²) < 4.78 is 0. The molecule has 160 valence electrons. The zero-order chi connectivity index (χ0) is 22.6. The predicted octanol–water partition coefficient (Wildman–Crippen LogP) is 7.90. The van der Waals surface area contributed by atoms with Crippen LogP contribution in [0.4, 0.5) is 17.3 Å². The highest BCUT2D eigenvalue weighted by atomic mass is 15.2. The summed E-state index contributed by atoms with van der Waals surface area (Å²) in [5.74, 6) is 1.66. The molecule has 3 nitrogen and oxygen atoms in total. The lowest BCUT2D eigenvalue weighted by atomic mass is 10.1. The number of pyridine rings is 2. The van der Waals surface area contributed by atoms with Crippen LogP contribution in [0.25, 0.3) is 22.5 Å². The van der Waals surface area contributed by atoms with E-state index in [0.717, 1.165) is 39.8 Å². The van der Waals surface area contributed by atoms with E-state index in [9.17, 15) is 0 Å². The van der Waals surface area contributed by atoms with Crippen LogP contribution in [0.1, 0.15) is 11.1 Å². The third-order valence-electron chi connectivity index (χ3n) is 5.78. The van der Waals surface area contributed by atoms with Crippen LogP contribution in [0.2, 0.25) is 0 Å². The van der Waals surface area contributed by atoms with Crippen LogP contribution in [-0.4, -0.2) is 9.97 Å². The summed E-state index contributed by atoms with van der Waals surface area (Å²) in [6, 6.07) is 39.3. The Hall–Kier alpha value is -4.24. The van der Waals surface area contributed by atoms with Gasteiger partial charge in [0, 0.05) is 16.8 Å². The lowest BCUT2D eigenvalue weighted by Crippen LogP contribution is -2.13. The number of nitrogens with zero attached hydrogens (tertiary/aromatic N) is 3. The van der Waals surface area contributed by atoms with Crippen molar-refractivity contribution < 1.29 is 0 Å². The van der Waals surface area contributed by atoms with Crippen molar-refractivity contribution in [1.29, 1.82) is 0 Å². The first-order valence-electron chi connectivity index (χ1n) is 11.1. The molecule has 0 saturated carbocycles. The molecule has 3 aromatic carbocycles. The number of hydrogen-bond donors (Lipinski definition) is 0. The van der Waals surface area contributed by atoms with E-state index in [1.807, 2.05) is 30.3 Å². The molecule has 0 unspecified atom stereocenters. The van der Waals surface area contributed by atoms with Crippen molar-refractivity contribution >= 4 is 17.3 Å². The van der Waals surface area contributed by atoms with Crippen LogP contribution in [0, 0.1) is 13.8 Å². The topological polar surface area (TPSA) is 29.0 Å². The van der Waals surface area contributed by atoms with Crippen LogP contribution in [0.3, 0.4) is 0 Å². The molecule has 5 rings (SSSR count). The second-order valence-corrected chi connectivity index (χ2v) is 8.06. The van der Waals surface area contributed by atoms with E-state index in [1.54, 1.807) is 0 Å². The molecule has 0 aliphatic heterocycles. The van der Waals surface area contributed by atoms with Crippen molar-refractivity contribution in [1.82, 2.24) is 9.97 Å². The average Bonchev–Trinajstić information content (AvgIpc) is 2.86. The van der Waals surface area contributed by atoms with Gasteiger partial charge in [-0.3, -0.25) is 4.90 Å². The molecule has 33 heavy (non-hydrogen) atoms. The first kappa shape index (κ1) is 20.7. The molecule has 2 heterocycles. The lowest BCUT2D eigenvalue weighted by Gasteiger charge is -2.24. The molecule has 0 bridgehead atoms. The highest BCUT2D eigenvalue weighted by molar-refractivity contribution is 5.76. The minimum atomic E-state index is 0.830. The Morgan fingerprint density at radius 2 is 0.909 bits per heavy atom. The van der Waals surface area contributed by atoms with Gasteiger partial charge in [0.1, 0.15) is 11.6 Å². The van der Waals surface area contributed by atoms with Crippen molar-refractivity contribution in [3.05, 3.63) is 126 Å². The molecule has 5 aromatic rings. The summed E-state index contributed by atoms with van der Waals surface area (Å²) >= 11 is 0. The van der Waals surface area contributed by atoms with Crippen molar-refractivity contribution in [2.45, 2.75) is 13.8 Å². The van der Waals surface area contributed by atoms with Gasteiger partial charge in [-0.1, -0.05) is 78.9 Å². The van der Waals surface area contributed by atoms with Crippen LogP contribution in [0.5, 0.6) is 0 Å². The highest BCUT2D eigenvalue weighted by Gasteiger charge is 2.17. The summed E-state index contributed by atoms with van der Waals surface area (Å²) in [6.07, 6.45) is 0. The van der Waals surface area contributed by atoms with E-state index in [-0.39, 0.29) is 0 Å². The van der Waals surface area contributed by atoms with Gasteiger partial charge in [-0.05, 0) is 61.4 Å². The van der Waals surface area contributed by atoms with Gasteiger partial charge in [-0.2, -0.15) is 0 Å². The average molecular weight is 428 g/mol. The predicted molar refractivity (Wildman–Crippen MR) is 137 cm³/mol. The highest BCUT2D eigenvalue weighted by Crippen LogP contribution is 2.35. The number of rotatable bonds is 5. The van der Waals surface area contributed by atoms with E-state index in [2.05, 4.69) is 104 Å². The smallest absolute Gasteiger partial charge is 0.139 e. The molecular formula is C30H25N3. The van der Waals surface area contributed by atoms with Gasteiger partial charge in [0.05, 0.1) is 11.4 Å². The van der Waals surface area contributed by atoms with Crippen molar-refractivity contribution in [3.8, 4) is 22.5 Å². The molecule has 2 aromatic heterocycles. The molecule has 0 fully saturated rings. The van der Waals surface area contributed by atoms with Gasteiger partial charge >= 0.3 is 0 Å². The Balaban J connectivity index is 1.65. The van der Waals surface area contributed by atoms with Gasteiger partial charge in [0.2, 0.25) is 0 Å². The van der Waals surface area contributed by atoms with Crippen molar-refractivity contribution in [3.63, 3.8) is 0 Å². The van der Waals surface area contributed by atoms with Gasteiger partial charge in [0.15, 0.2) is 0 Å². The number of para-hydroxylation sites is 1. The first-order valence-corrected chi connectivity index (χ1v) is 11.1. The monoisotopic (exact) mass is 427 g/mol. The minimum Gasteiger partial charge on any atom is -0.279 e. The first-order chi connectivity index (χ1) is 16.2. The third-order valence-corrected chi connectivity index (χ3v) is 5.78. The Morgan fingerprint density at radius 3 is 1.39 bits per heavy atom. The zero-order valence-corrected chi connectivity index (χ0v) is 18.8. The van der Waals surface area contributed by atoms with Gasteiger partial charge in [0.25, 0.3) is 0 Å². The van der Waals surface area contributed by atoms with Crippen molar-refractivity contribution in [2.24, 2.45) is 0 Å². The van der Waals surface area contributed by atoms with E-state index in [4.69, 9.17) is 9.97 Å². The van der Waals surface area contributed by atoms with E-state index in [1.165, 1.54) is 11.1 Å². The Labute approximate surface area is 195 Å². The summed E-state index contributed by atoms with van der Waals surface area (Å²) in [5, 5.41) is 0. The number of aryl methyl sites for hydroxylation is 2. The molecule has 0 N–H and O–H groups in total. The number of aromatic nitrogens is 2. The molecule has 0 atom stereocenters. The maximum atomic E-state index is 5.06. The largest absolute Gasteiger partial charge is 0.279 e. The molecule has 0 spiro atoms. The van der Waals surface area contributed by atoms with E-state index >= 15 is 0 Å². The molecule has 0 radical (unpaired) electrons.